The van der Waals surface area contributed by atoms with Gasteiger partial charge in [-0.2, -0.15) is 0 Å². The first-order valence-electron chi connectivity index (χ1n) is 5.36. The van der Waals surface area contributed by atoms with Gasteiger partial charge in [-0.1, -0.05) is 13.8 Å². The van der Waals surface area contributed by atoms with Crippen molar-refractivity contribution in [1.29, 1.82) is 0 Å². The molecule has 2 heterocycles. The highest BCUT2D eigenvalue weighted by Gasteiger charge is 2.21. The zero-order chi connectivity index (χ0) is 13.4. The van der Waals surface area contributed by atoms with Crippen LogP contribution in [0.25, 0.3) is 10.2 Å². The van der Waals surface area contributed by atoms with Crippen LogP contribution in [0.5, 0.6) is 5.75 Å². The van der Waals surface area contributed by atoms with Gasteiger partial charge in [0.05, 0.1) is 18.2 Å². The molecule has 0 atom stereocenters. The van der Waals surface area contributed by atoms with Gasteiger partial charge in [0.1, 0.15) is 4.83 Å². The Morgan fingerprint density at radius 1 is 1.56 bits per heavy atom. The quantitative estimate of drug-likeness (QED) is 0.854. The standard InChI is InChI=1S/C12H12BrNO3S/c1-5(2)8-7(13)4-6-9(15)10(12(16)17-3)18-11(6)14-8/h4-5,15H,1-3H3. The van der Waals surface area contributed by atoms with Gasteiger partial charge in [0, 0.05) is 4.47 Å². The Morgan fingerprint density at radius 3 is 2.78 bits per heavy atom. The van der Waals surface area contributed by atoms with Crippen LogP contribution in [-0.4, -0.2) is 23.2 Å². The molecule has 0 fully saturated rings. The van der Waals surface area contributed by atoms with Crippen molar-refractivity contribution in [3.05, 3.63) is 21.1 Å². The molecule has 0 saturated carbocycles. The van der Waals surface area contributed by atoms with Crippen molar-refractivity contribution in [2.24, 2.45) is 0 Å². The number of esters is 1. The number of rotatable bonds is 2. The molecule has 1 N–H and O–H groups in total. The largest absolute Gasteiger partial charge is 0.505 e. The maximum absolute atomic E-state index is 11.5. The number of aromatic nitrogens is 1. The zero-order valence-corrected chi connectivity index (χ0v) is 12.6. The summed E-state index contributed by atoms with van der Waals surface area (Å²) in [7, 11) is 1.29. The second-order valence-corrected chi connectivity index (χ2v) is 5.99. The molecule has 18 heavy (non-hydrogen) atoms. The minimum absolute atomic E-state index is 0.0645. The van der Waals surface area contributed by atoms with Gasteiger partial charge in [0.25, 0.3) is 0 Å². The highest BCUT2D eigenvalue weighted by Crippen LogP contribution is 2.39. The van der Waals surface area contributed by atoms with Gasteiger partial charge in [0.2, 0.25) is 0 Å². The Hall–Kier alpha value is -1.14. The number of nitrogens with zero attached hydrogens (tertiary/aromatic N) is 1. The third-order valence-corrected chi connectivity index (χ3v) is 4.26. The molecule has 2 rings (SSSR count). The van der Waals surface area contributed by atoms with Crippen molar-refractivity contribution < 1.29 is 14.6 Å². The van der Waals surface area contributed by atoms with E-state index >= 15 is 0 Å². The van der Waals surface area contributed by atoms with Crippen molar-refractivity contribution in [2.75, 3.05) is 7.11 Å². The molecule has 0 aliphatic heterocycles. The highest BCUT2D eigenvalue weighted by molar-refractivity contribution is 9.10. The number of methoxy groups -OCH3 is 1. The maximum Gasteiger partial charge on any atom is 0.351 e. The van der Waals surface area contributed by atoms with Gasteiger partial charge in [-0.15, -0.1) is 11.3 Å². The number of pyridine rings is 1. The van der Waals surface area contributed by atoms with Crippen LogP contribution in [0.3, 0.4) is 0 Å². The van der Waals surface area contributed by atoms with Crippen molar-refractivity contribution in [1.82, 2.24) is 4.98 Å². The minimum atomic E-state index is -0.544. The Kier molecular flexibility index (Phi) is 3.59. The second kappa shape index (κ2) is 4.85. The SMILES string of the molecule is COC(=O)c1sc2nc(C(C)C)c(Br)cc2c1O. The predicted molar refractivity (Wildman–Crippen MR) is 74.4 cm³/mol. The molecule has 0 aliphatic carbocycles. The number of hydrogen-bond donors (Lipinski definition) is 1. The minimum Gasteiger partial charge on any atom is -0.505 e. The summed E-state index contributed by atoms with van der Waals surface area (Å²) in [4.78, 5) is 16.8. The lowest BCUT2D eigenvalue weighted by molar-refractivity contribution is 0.0603. The topological polar surface area (TPSA) is 59.4 Å². The second-order valence-electron chi connectivity index (χ2n) is 4.13. The smallest absolute Gasteiger partial charge is 0.351 e. The van der Waals surface area contributed by atoms with E-state index in [9.17, 15) is 9.90 Å². The van der Waals surface area contributed by atoms with Gasteiger partial charge in [-0.25, -0.2) is 9.78 Å². The monoisotopic (exact) mass is 329 g/mol. The van der Waals surface area contributed by atoms with Gasteiger partial charge in [-0.3, -0.25) is 0 Å². The van der Waals surface area contributed by atoms with Crippen LogP contribution in [0.2, 0.25) is 0 Å². The van der Waals surface area contributed by atoms with Crippen molar-refractivity contribution in [2.45, 2.75) is 19.8 Å². The van der Waals surface area contributed by atoms with E-state index in [4.69, 9.17) is 0 Å². The van der Waals surface area contributed by atoms with Crippen LogP contribution >= 0.6 is 27.3 Å². The first-order chi connectivity index (χ1) is 8.45. The molecule has 0 radical (unpaired) electrons. The van der Waals surface area contributed by atoms with Crippen LogP contribution in [0.1, 0.15) is 35.1 Å². The van der Waals surface area contributed by atoms with Crippen LogP contribution in [0, 0.1) is 0 Å². The van der Waals surface area contributed by atoms with Gasteiger partial charge >= 0.3 is 5.97 Å². The molecule has 0 saturated heterocycles. The summed E-state index contributed by atoms with van der Waals surface area (Å²) >= 11 is 4.57. The molecule has 0 unspecified atom stereocenters. The molecule has 0 aromatic carbocycles. The lowest BCUT2D eigenvalue weighted by Crippen LogP contribution is -1.97. The first kappa shape index (κ1) is 13.3. The molecular formula is C12H12BrNO3S. The predicted octanol–water partition coefficient (Wildman–Crippen LogP) is 3.67. The maximum atomic E-state index is 11.5. The van der Waals surface area contributed by atoms with Gasteiger partial charge < -0.3 is 9.84 Å². The molecule has 4 nitrogen and oxygen atoms in total. The highest BCUT2D eigenvalue weighted by atomic mass is 79.9. The number of ether oxygens (including phenoxy) is 1. The van der Waals surface area contributed by atoms with E-state index in [1.807, 2.05) is 13.8 Å². The number of thiophene rings is 1. The van der Waals surface area contributed by atoms with E-state index in [0.29, 0.717) is 10.2 Å². The molecular weight excluding hydrogens is 318 g/mol. The number of fused-ring (bicyclic) bond motifs is 1. The zero-order valence-electron chi connectivity index (χ0n) is 10.2. The molecule has 6 heteroatoms. The fourth-order valence-electron chi connectivity index (χ4n) is 1.64. The third-order valence-electron chi connectivity index (χ3n) is 2.55. The van der Waals surface area contributed by atoms with Crippen LogP contribution in [-0.2, 0) is 4.74 Å². The van der Waals surface area contributed by atoms with E-state index in [2.05, 4.69) is 25.7 Å². The van der Waals surface area contributed by atoms with Crippen LogP contribution in [0.4, 0.5) is 0 Å². The van der Waals surface area contributed by atoms with Crippen molar-refractivity contribution in [3.63, 3.8) is 0 Å². The summed E-state index contributed by atoms with van der Waals surface area (Å²) in [5.74, 6) is -0.349. The van der Waals surface area contributed by atoms with E-state index in [-0.39, 0.29) is 16.5 Å². The van der Waals surface area contributed by atoms with Gasteiger partial charge in [0.15, 0.2) is 10.6 Å². The lowest BCUT2D eigenvalue weighted by atomic mass is 10.1. The Labute approximate surface area is 117 Å². The van der Waals surface area contributed by atoms with Crippen LogP contribution < -0.4 is 0 Å². The van der Waals surface area contributed by atoms with Crippen LogP contribution in [0.15, 0.2) is 10.5 Å². The normalized spacial score (nSPS) is 11.2. The van der Waals surface area contributed by atoms with E-state index in [1.165, 1.54) is 7.11 Å². The number of hydrogen-bond acceptors (Lipinski definition) is 5. The third kappa shape index (κ3) is 2.10. The van der Waals surface area contributed by atoms with E-state index in [0.717, 1.165) is 21.5 Å². The molecule has 0 aliphatic rings. The summed E-state index contributed by atoms with van der Waals surface area (Å²) in [6.07, 6.45) is 0. The Balaban J connectivity index is 2.69. The number of aromatic hydroxyl groups is 1. The summed E-state index contributed by atoms with van der Waals surface area (Å²) in [6, 6.07) is 1.79. The lowest BCUT2D eigenvalue weighted by Gasteiger charge is -2.06. The van der Waals surface area contributed by atoms with E-state index in [1.54, 1.807) is 6.07 Å². The molecule has 2 aromatic heterocycles. The summed E-state index contributed by atoms with van der Waals surface area (Å²) in [5.41, 5.74) is 0.903. The number of carbonyl (C=O) groups is 1. The van der Waals surface area contributed by atoms with Crippen molar-refractivity contribution >= 4 is 43.5 Å². The molecule has 0 bridgehead atoms. The summed E-state index contributed by atoms with van der Waals surface area (Å²) in [6.45, 7) is 4.07. The number of carbonyl (C=O) groups excluding carboxylic acids is 1. The average Bonchev–Trinajstić information content (AvgIpc) is 2.64. The molecule has 2 aromatic rings. The average molecular weight is 330 g/mol. The molecule has 0 spiro atoms. The Bertz CT molecular complexity index is 621. The summed E-state index contributed by atoms with van der Waals surface area (Å²) in [5, 5.41) is 10.6. The van der Waals surface area contributed by atoms with Crippen molar-refractivity contribution in [3.8, 4) is 5.75 Å². The van der Waals surface area contributed by atoms with E-state index < -0.39 is 5.97 Å². The fraction of sp³-hybridized carbons (Fsp3) is 0.333. The number of halogens is 1. The fourth-order valence-corrected chi connectivity index (χ4v) is 3.39. The van der Waals surface area contributed by atoms with Gasteiger partial charge in [-0.05, 0) is 27.9 Å². The summed E-state index contributed by atoms with van der Waals surface area (Å²) < 4.78 is 5.45. The Morgan fingerprint density at radius 2 is 2.22 bits per heavy atom. The molecule has 96 valence electrons. The molecule has 0 amide bonds. The first-order valence-corrected chi connectivity index (χ1v) is 6.96.